The summed E-state index contributed by atoms with van der Waals surface area (Å²) in [4.78, 5) is 42.3. The second-order valence-corrected chi connectivity index (χ2v) is 13.2. The van der Waals surface area contributed by atoms with Crippen molar-refractivity contribution < 1.29 is 33.4 Å². The smallest absolute Gasteiger partial charge is 0.306 e. The highest BCUT2D eigenvalue weighted by Crippen LogP contribution is 2.32. The number of carbonyl (C=O) groups excluding carboxylic acids is 2. The first kappa shape index (κ1) is 32.4. The van der Waals surface area contributed by atoms with Crippen LogP contribution >= 0.6 is 11.6 Å². The highest BCUT2D eigenvalue weighted by atomic mass is 35.5. The summed E-state index contributed by atoms with van der Waals surface area (Å²) in [6.07, 6.45) is 4.93. The molecule has 0 spiro atoms. The van der Waals surface area contributed by atoms with Crippen molar-refractivity contribution >= 4 is 46.0 Å². The third-order valence-corrected chi connectivity index (χ3v) is 10.2. The number of methoxy groups -OCH3 is 1. The average molecular weight is 655 g/mol. The van der Waals surface area contributed by atoms with Gasteiger partial charge in [-0.3, -0.25) is 19.3 Å². The Balaban J connectivity index is 1.12. The Morgan fingerprint density at radius 2 is 1.80 bits per heavy atom. The predicted molar refractivity (Wildman–Crippen MR) is 172 cm³/mol. The Kier molecular flexibility index (Phi) is 9.65. The topological polar surface area (TPSA) is 113 Å². The van der Waals surface area contributed by atoms with Crippen LogP contribution in [0.15, 0.2) is 42.6 Å². The van der Waals surface area contributed by atoms with Gasteiger partial charge in [-0.2, -0.15) is 0 Å². The van der Waals surface area contributed by atoms with Crippen LogP contribution in [-0.4, -0.2) is 94.9 Å². The zero-order valence-corrected chi connectivity index (χ0v) is 26.8. The Bertz CT molecular complexity index is 1620. The first-order valence-electron chi connectivity index (χ1n) is 15.8. The molecule has 3 fully saturated rings. The van der Waals surface area contributed by atoms with Gasteiger partial charge >= 0.3 is 5.97 Å². The second-order valence-electron chi connectivity index (χ2n) is 12.8. The molecule has 246 valence electrons. The summed E-state index contributed by atoms with van der Waals surface area (Å²) < 4.78 is 29.0. The molecule has 3 aromatic rings. The van der Waals surface area contributed by atoms with E-state index in [1.165, 1.54) is 12.1 Å². The SMILES string of the molecule is COC1CN([C@H]2CC(COC3CCC(C(=O)O)CC3)N(C(=O)Cc3cc(Cl)c(NC(=O)c4cn(C)c5ccccc45)cc3F)C2)C1. The number of rotatable bonds is 10. The minimum Gasteiger partial charge on any atom is -0.481 e. The van der Waals surface area contributed by atoms with Gasteiger partial charge in [0.25, 0.3) is 5.91 Å². The van der Waals surface area contributed by atoms with Gasteiger partial charge in [0, 0.05) is 56.9 Å². The molecule has 3 heterocycles. The molecule has 2 saturated heterocycles. The van der Waals surface area contributed by atoms with Crippen LogP contribution in [-0.2, 0) is 32.5 Å². The number of aliphatic carboxylic acids is 1. The van der Waals surface area contributed by atoms with Crippen LogP contribution in [0.1, 0.15) is 48.0 Å². The highest BCUT2D eigenvalue weighted by Gasteiger charge is 2.42. The monoisotopic (exact) mass is 654 g/mol. The van der Waals surface area contributed by atoms with Gasteiger partial charge in [-0.25, -0.2) is 4.39 Å². The van der Waals surface area contributed by atoms with E-state index in [0.717, 1.165) is 30.4 Å². The molecule has 6 rings (SSSR count). The first-order valence-corrected chi connectivity index (χ1v) is 16.2. The summed E-state index contributed by atoms with van der Waals surface area (Å²) in [5, 5.41) is 12.9. The Hall–Kier alpha value is -3.51. The van der Waals surface area contributed by atoms with Gasteiger partial charge in [0.1, 0.15) is 5.82 Å². The summed E-state index contributed by atoms with van der Waals surface area (Å²) in [7, 11) is 3.55. The Morgan fingerprint density at radius 1 is 1.07 bits per heavy atom. The van der Waals surface area contributed by atoms with Crippen molar-refractivity contribution in [1.82, 2.24) is 14.4 Å². The normalized spacial score (nSPS) is 23.9. The van der Waals surface area contributed by atoms with E-state index in [1.54, 1.807) is 18.2 Å². The number of hydrogen-bond acceptors (Lipinski definition) is 6. The van der Waals surface area contributed by atoms with Crippen molar-refractivity contribution in [1.29, 1.82) is 0 Å². The summed E-state index contributed by atoms with van der Waals surface area (Å²) in [5.41, 5.74) is 1.62. The maximum atomic E-state index is 15.4. The minimum atomic E-state index is -0.759. The fourth-order valence-corrected chi connectivity index (χ4v) is 7.29. The van der Waals surface area contributed by atoms with E-state index in [-0.39, 0.29) is 58.8 Å². The highest BCUT2D eigenvalue weighted by molar-refractivity contribution is 6.34. The molecule has 10 nitrogen and oxygen atoms in total. The number of nitrogens with one attached hydrogen (secondary N) is 1. The molecular weight excluding hydrogens is 615 g/mol. The number of likely N-dealkylation sites (tertiary alicyclic amines) is 2. The molecular formula is C34H40ClFN4O6. The summed E-state index contributed by atoms with van der Waals surface area (Å²) in [6, 6.07) is 10.0. The molecule has 0 radical (unpaired) electrons. The summed E-state index contributed by atoms with van der Waals surface area (Å²) in [5.74, 6) is -2.35. The largest absolute Gasteiger partial charge is 0.481 e. The van der Waals surface area contributed by atoms with Crippen LogP contribution in [0.4, 0.5) is 10.1 Å². The van der Waals surface area contributed by atoms with E-state index in [9.17, 15) is 19.5 Å². The quantitative estimate of drug-likeness (QED) is 0.325. The molecule has 46 heavy (non-hydrogen) atoms. The van der Waals surface area contributed by atoms with Crippen molar-refractivity contribution in [2.24, 2.45) is 13.0 Å². The third-order valence-electron chi connectivity index (χ3n) is 9.85. The molecule has 2 aliphatic heterocycles. The second kappa shape index (κ2) is 13.7. The van der Waals surface area contributed by atoms with E-state index >= 15 is 4.39 Å². The lowest BCUT2D eigenvalue weighted by molar-refractivity contribution is -0.144. The number of nitrogens with zero attached hydrogens (tertiary/aromatic N) is 3. The number of amides is 2. The van der Waals surface area contributed by atoms with Gasteiger partial charge in [0.15, 0.2) is 0 Å². The van der Waals surface area contributed by atoms with E-state index in [1.807, 2.05) is 35.9 Å². The van der Waals surface area contributed by atoms with E-state index in [0.29, 0.717) is 44.4 Å². The molecule has 2 aromatic carbocycles. The molecule has 2 amide bonds. The number of halogens is 2. The fourth-order valence-electron chi connectivity index (χ4n) is 7.06. The molecule has 3 aliphatic rings. The van der Waals surface area contributed by atoms with E-state index in [4.69, 9.17) is 21.1 Å². The lowest BCUT2D eigenvalue weighted by Crippen LogP contribution is -2.56. The molecule has 1 saturated carbocycles. The number of hydrogen-bond donors (Lipinski definition) is 2. The number of benzene rings is 2. The number of carboxylic acids is 1. The first-order chi connectivity index (χ1) is 22.1. The molecule has 1 unspecified atom stereocenters. The van der Waals surface area contributed by atoms with Gasteiger partial charge < -0.3 is 29.4 Å². The van der Waals surface area contributed by atoms with E-state index in [2.05, 4.69) is 10.2 Å². The fraction of sp³-hybridized carbons (Fsp3) is 0.500. The molecule has 1 aliphatic carbocycles. The minimum absolute atomic E-state index is 0.0404. The van der Waals surface area contributed by atoms with Gasteiger partial charge in [0.2, 0.25) is 5.91 Å². The number of aryl methyl sites for hydroxylation is 1. The zero-order chi connectivity index (χ0) is 32.5. The molecule has 0 bridgehead atoms. The molecule has 2 atom stereocenters. The number of ether oxygens (including phenoxy) is 2. The van der Waals surface area contributed by atoms with Crippen molar-refractivity contribution in [3.05, 3.63) is 64.6 Å². The van der Waals surface area contributed by atoms with Gasteiger partial charge in [-0.05, 0) is 55.9 Å². The Labute approximate surface area is 272 Å². The summed E-state index contributed by atoms with van der Waals surface area (Å²) >= 11 is 6.53. The number of fused-ring (bicyclic) bond motifs is 1. The molecule has 1 aromatic heterocycles. The number of aromatic nitrogens is 1. The van der Waals surface area contributed by atoms with E-state index < -0.39 is 17.7 Å². The van der Waals surface area contributed by atoms with Crippen LogP contribution in [0.5, 0.6) is 0 Å². The maximum Gasteiger partial charge on any atom is 0.306 e. The zero-order valence-electron chi connectivity index (χ0n) is 26.1. The number of carboxylic acid groups (broad SMARTS) is 1. The number of anilines is 1. The van der Waals surface area contributed by atoms with Crippen LogP contribution in [0.2, 0.25) is 5.02 Å². The van der Waals surface area contributed by atoms with Crippen LogP contribution in [0.3, 0.4) is 0 Å². The average Bonchev–Trinajstić information content (AvgIpc) is 3.59. The number of para-hydroxylation sites is 1. The van der Waals surface area contributed by atoms with Gasteiger partial charge in [-0.15, -0.1) is 0 Å². The van der Waals surface area contributed by atoms with Crippen LogP contribution in [0, 0.1) is 11.7 Å². The Morgan fingerprint density at radius 3 is 2.52 bits per heavy atom. The summed E-state index contributed by atoms with van der Waals surface area (Å²) in [6.45, 7) is 2.44. The molecule has 12 heteroatoms. The standard InChI is InChI=1S/C34H40ClFN4O6/c1-38-18-27(26-5-3-4-6-31(26)38)33(42)37-30-14-29(36)21(11-28(30)35)12-32(41)40-15-22(39-16-25(17-39)45-2)13-23(40)19-46-24-9-7-20(8-10-24)34(43)44/h3-6,11,14,18,20,22-25H,7-10,12-13,15-17,19H2,1-2H3,(H,37,42)(H,43,44)/t20?,22-,23?,24?/m0/s1. The predicted octanol–water partition coefficient (Wildman–Crippen LogP) is 4.73. The van der Waals surface area contributed by atoms with Crippen LogP contribution in [0.25, 0.3) is 10.9 Å². The van der Waals surface area contributed by atoms with Crippen molar-refractivity contribution in [2.45, 2.75) is 62.8 Å². The lowest BCUT2D eigenvalue weighted by atomic mass is 9.87. The van der Waals surface area contributed by atoms with Crippen molar-refractivity contribution in [3.8, 4) is 0 Å². The van der Waals surface area contributed by atoms with Crippen molar-refractivity contribution in [3.63, 3.8) is 0 Å². The van der Waals surface area contributed by atoms with Crippen molar-refractivity contribution in [2.75, 3.05) is 38.7 Å². The van der Waals surface area contributed by atoms with Gasteiger partial charge in [0.05, 0.1) is 53.5 Å². The van der Waals surface area contributed by atoms with Gasteiger partial charge in [-0.1, -0.05) is 29.8 Å². The third kappa shape index (κ3) is 6.78. The number of carbonyl (C=O) groups is 3. The van der Waals surface area contributed by atoms with Crippen LogP contribution < -0.4 is 5.32 Å². The maximum absolute atomic E-state index is 15.4. The lowest BCUT2D eigenvalue weighted by Gasteiger charge is -2.42. The molecule has 2 N–H and O–H groups in total.